The van der Waals surface area contributed by atoms with E-state index in [0.717, 1.165) is 31.7 Å². The minimum atomic E-state index is -0.200. The van der Waals surface area contributed by atoms with Gasteiger partial charge in [0, 0.05) is 30.8 Å². The van der Waals surface area contributed by atoms with Gasteiger partial charge in [0.25, 0.3) is 5.91 Å². The number of hydrogen-bond donors (Lipinski definition) is 2. The van der Waals surface area contributed by atoms with Crippen molar-refractivity contribution < 1.29 is 19.4 Å². The molecule has 0 bridgehead atoms. The maximum Gasteiger partial charge on any atom is 0.251 e. The number of phenolic OH excluding ortho intramolecular Hbond substituents is 1. The van der Waals surface area contributed by atoms with E-state index < -0.39 is 0 Å². The Hall–Kier alpha value is -2.73. The molecular weight excluding hydrogens is 392 g/mol. The van der Waals surface area contributed by atoms with E-state index in [1.165, 1.54) is 24.8 Å². The fourth-order valence-electron chi connectivity index (χ4n) is 3.81. The van der Waals surface area contributed by atoms with Gasteiger partial charge < -0.3 is 19.9 Å². The molecule has 0 radical (unpaired) electrons. The zero-order chi connectivity index (χ0) is 22.8. The molecule has 1 saturated heterocycles. The largest absolute Gasteiger partial charge is 0.508 e. The minimum Gasteiger partial charge on any atom is -0.508 e. The molecule has 0 saturated carbocycles. The number of likely N-dealkylation sites (tertiary alicyclic amines) is 1. The predicted molar refractivity (Wildman–Crippen MR) is 124 cm³/mol. The van der Waals surface area contributed by atoms with Crippen LogP contribution in [0.3, 0.4) is 0 Å². The average molecular weight is 429 g/mol. The average Bonchev–Trinajstić information content (AvgIpc) is 2.79. The van der Waals surface area contributed by atoms with E-state index in [0.29, 0.717) is 23.8 Å². The normalized spacial score (nSPS) is 19.3. The SMILES string of the molecule is C/C=C/C(=C\C=C(/C)OC)C(C)N1CCC[C@H](CNC(=O)c2cc(O)cc(OC)c2)C1. The summed E-state index contributed by atoms with van der Waals surface area (Å²) in [6, 6.07) is 4.84. The fourth-order valence-corrected chi connectivity index (χ4v) is 3.81. The van der Waals surface area contributed by atoms with E-state index in [1.807, 2.05) is 19.9 Å². The van der Waals surface area contributed by atoms with E-state index in [4.69, 9.17) is 9.47 Å². The molecule has 2 rings (SSSR count). The molecule has 1 amide bonds. The number of carbonyl (C=O) groups excluding carboxylic acids is 1. The Labute approximate surface area is 186 Å². The van der Waals surface area contributed by atoms with E-state index in [2.05, 4.69) is 35.4 Å². The number of ether oxygens (including phenoxy) is 2. The lowest BCUT2D eigenvalue weighted by Gasteiger charge is -2.37. The Morgan fingerprint density at radius 3 is 2.77 bits per heavy atom. The number of nitrogens with zero attached hydrogens (tertiary/aromatic N) is 1. The van der Waals surface area contributed by atoms with Crippen LogP contribution >= 0.6 is 0 Å². The monoisotopic (exact) mass is 428 g/mol. The summed E-state index contributed by atoms with van der Waals surface area (Å²) < 4.78 is 10.4. The molecule has 2 atom stereocenters. The Morgan fingerprint density at radius 2 is 2.10 bits per heavy atom. The maximum atomic E-state index is 12.6. The van der Waals surface area contributed by atoms with Crippen LogP contribution in [0.25, 0.3) is 0 Å². The Kier molecular flexibility index (Phi) is 9.66. The van der Waals surface area contributed by atoms with Crippen molar-refractivity contribution in [2.24, 2.45) is 5.92 Å². The van der Waals surface area contributed by atoms with Crippen molar-refractivity contribution in [2.75, 3.05) is 33.9 Å². The van der Waals surface area contributed by atoms with E-state index >= 15 is 0 Å². The minimum absolute atomic E-state index is 0.0169. The number of carbonyl (C=O) groups is 1. The summed E-state index contributed by atoms with van der Waals surface area (Å²) in [6.07, 6.45) is 10.5. The molecule has 2 N–H and O–H groups in total. The number of rotatable bonds is 9. The van der Waals surface area contributed by atoms with Crippen LogP contribution in [0, 0.1) is 5.92 Å². The van der Waals surface area contributed by atoms with Crippen LogP contribution in [-0.4, -0.2) is 55.8 Å². The zero-order valence-electron chi connectivity index (χ0n) is 19.4. The van der Waals surface area contributed by atoms with Gasteiger partial charge in [-0.15, -0.1) is 0 Å². The zero-order valence-corrected chi connectivity index (χ0v) is 19.4. The number of benzene rings is 1. The lowest BCUT2D eigenvalue weighted by Crippen LogP contribution is -2.45. The summed E-state index contributed by atoms with van der Waals surface area (Å²) >= 11 is 0. The molecule has 1 aliphatic rings. The van der Waals surface area contributed by atoms with Crippen LogP contribution in [-0.2, 0) is 4.74 Å². The van der Waals surface area contributed by atoms with Gasteiger partial charge in [-0.1, -0.05) is 18.2 Å². The van der Waals surface area contributed by atoms with Gasteiger partial charge in [-0.25, -0.2) is 0 Å². The van der Waals surface area contributed by atoms with Crippen LogP contribution < -0.4 is 10.1 Å². The third-order valence-corrected chi connectivity index (χ3v) is 5.71. The molecular formula is C25H36N2O4. The first-order chi connectivity index (χ1) is 14.9. The van der Waals surface area contributed by atoms with Crippen molar-refractivity contribution in [3.05, 3.63) is 59.4 Å². The third kappa shape index (κ3) is 7.47. The van der Waals surface area contributed by atoms with Crippen molar-refractivity contribution >= 4 is 5.91 Å². The number of methoxy groups -OCH3 is 2. The predicted octanol–water partition coefficient (Wildman–Crippen LogP) is 4.28. The quantitative estimate of drug-likeness (QED) is 0.454. The summed E-state index contributed by atoms with van der Waals surface area (Å²) in [5, 5.41) is 12.8. The van der Waals surface area contributed by atoms with Crippen LogP contribution in [0.4, 0.5) is 0 Å². The molecule has 1 aromatic rings. The molecule has 0 spiro atoms. The van der Waals surface area contributed by atoms with Gasteiger partial charge in [-0.3, -0.25) is 9.69 Å². The molecule has 6 heteroatoms. The second kappa shape index (κ2) is 12.2. The Morgan fingerprint density at radius 1 is 1.32 bits per heavy atom. The van der Waals surface area contributed by atoms with Gasteiger partial charge in [0.15, 0.2) is 0 Å². The molecule has 1 aromatic carbocycles. The van der Waals surface area contributed by atoms with Crippen LogP contribution in [0.15, 0.2) is 53.8 Å². The van der Waals surface area contributed by atoms with Crippen molar-refractivity contribution in [2.45, 2.75) is 39.7 Å². The third-order valence-electron chi connectivity index (χ3n) is 5.71. The Bertz CT molecular complexity index is 829. The van der Waals surface area contributed by atoms with Gasteiger partial charge >= 0.3 is 0 Å². The standard InChI is InChI=1S/C25H36N2O4/c1-6-8-21(11-10-18(2)30-4)19(3)27-12-7-9-20(17-27)16-26-25(29)22-13-23(28)15-24(14-22)31-5/h6,8,10-11,13-15,19-20,28H,7,9,12,16-17H2,1-5H3,(H,26,29)/b8-6+,18-10+,21-11+/t19?,20-/m1/s1. The lowest BCUT2D eigenvalue weighted by molar-refractivity contribution is 0.0925. The highest BCUT2D eigenvalue weighted by Crippen LogP contribution is 2.23. The van der Waals surface area contributed by atoms with Gasteiger partial charge in [-0.2, -0.15) is 0 Å². The van der Waals surface area contributed by atoms with Crippen LogP contribution in [0.1, 0.15) is 44.0 Å². The number of allylic oxidation sites excluding steroid dienone is 4. The molecule has 1 unspecified atom stereocenters. The first-order valence-corrected chi connectivity index (χ1v) is 10.8. The van der Waals surface area contributed by atoms with Gasteiger partial charge in [-0.05, 0) is 69.9 Å². The summed E-state index contributed by atoms with van der Waals surface area (Å²) in [6.45, 7) is 8.76. The van der Waals surface area contributed by atoms with Crippen LogP contribution in [0.2, 0.25) is 0 Å². The molecule has 6 nitrogen and oxygen atoms in total. The molecule has 1 heterocycles. The van der Waals surface area contributed by atoms with Crippen molar-refractivity contribution in [3.63, 3.8) is 0 Å². The molecule has 1 aliphatic heterocycles. The van der Waals surface area contributed by atoms with E-state index in [1.54, 1.807) is 13.2 Å². The highest BCUT2D eigenvalue weighted by atomic mass is 16.5. The number of piperidine rings is 1. The van der Waals surface area contributed by atoms with Gasteiger partial charge in [0.05, 0.1) is 20.0 Å². The van der Waals surface area contributed by atoms with Crippen molar-refractivity contribution in [3.8, 4) is 11.5 Å². The second-order valence-electron chi connectivity index (χ2n) is 7.96. The number of phenols is 1. The van der Waals surface area contributed by atoms with Crippen LogP contribution in [0.5, 0.6) is 11.5 Å². The van der Waals surface area contributed by atoms with Gasteiger partial charge in [0.1, 0.15) is 11.5 Å². The maximum absolute atomic E-state index is 12.6. The molecule has 31 heavy (non-hydrogen) atoms. The van der Waals surface area contributed by atoms with Crippen molar-refractivity contribution in [1.82, 2.24) is 10.2 Å². The second-order valence-corrected chi connectivity index (χ2v) is 7.96. The highest BCUT2D eigenvalue weighted by Gasteiger charge is 2.25. The summed E-state index contributed by atoms with van der Waals surface area (Å²) in [5.41, 5.74) is 1.63. The molecule has 170 valence electrons. The molecule has 0 aromatic heterocycles. The summed E-state index contributed by atoms with van der Waals surface area (Å²) in [7, 11) is 3.19. The topological polar surface area (TPSA) is 71.0 Å². The number of hydrogen-bond acceptors (Lipinski definition) is 5. The van der Waals surface area contributed by atoms with E-state index in [9.17, 15) is 9.90 Å². The Balaban J connectivity index is 2.00. The van der Waals surface area contributed by atoms with Gasteiger partial charge in [0.2, 0.25) is 0 Å². The fraction of sp³-hybridized carbons (Fsp3) is 0.480. The summed E-state index contributed by atoms with van der Waals surface area (Å²) in [4.78, 5) is 15.0. The highest BCUT2D eigenvalue weighted by molar-refractivity contribution is 5.95. The number of nitrogens with one attached hydrogen (secondary N) is 1. The number of aromatic hydroxyl groups is 1. The lowest BCUT2D eigenvalue weighted by atomic mass is 9.94. The molecule has 1 fully saturated rings. The first kappa shape index (κ1) is 24.5. The first-order valence-electron chi connectivity index (χ1n) is 10.8. The summed E-state index contributed by atoms with van der Waals surface area (Å²) in [5.74, 6) is 1.53. The van der Waals surface area contributed by atoms with Crippen molar-refractivity contribution in [1.29, 1.82) is 0 Å². The number of amides is 1. The molecule has 0 aliphatic carbocycles. The van der Waals surface area contributed by atoms with E-state index in [-0.39, 0.29) is 17.7 Å². The smallest absolute Gasteiger partial charge is 0.251 e.